The van der Waals surface area contributed by atoms with Gasteiger partial charge in [-0.15, -0.1) is 0 Å². The highest BCUT2D eigenvalue weighted by molar-refractivity contribution is 6.05. The number of ether oxygens (including phenoxy) is 1. The molecule has 3 aromatic rings. The molecule has 0 aliphatic carbocycles. The topological polar surface area (TPSA) is 85.3 Å². The molecule has 7 nitrogen and oxygen atoms in total. The van der Waals surface area contributed by atoms with Crippen LogP contribution in [0.4, 0.5) is 0 Å². The first-order chi connectivity index (χ1) is 17.5. The third-order valence-electron chi connectivity index (χ3n) is 7.20. The number of piperidine rings is 1. The Hall–Kier alpha value is -3.52. The first-order valence-corrected chi connectivity index (χ1v) is 12.2. The Morgan fingerprint density at radius 3 is 2.03 bits per heavy atom. The number of likely N-dealkylation sites (tertiary alicyclic amines) is 1. The molecule has 0 spiro atoms. The van der Waals surface area contributed by atoms with Crippen molar-refractivity contribution in [2.24, 2.45) is 5.41 Å². The van der Waals surface area contributed by atoms with Gasteiger partial charge in [-0.2, -0.15) is 4.89 Å². The predicted octanol–water partition coefficient (Wildman–Crippen LogP) is 3.95. The average Bonchev–Trinajstić information content (AvgIpc) is 2.92. The van der Waals surface area contributed by atoms with Crippen LogP contribution in [0.15, 0.2) is 91.0 Å². The monoisotopic (exact) mass is 487 g/mol. The van der Waals surface area contributed by atoms with Crippen molar-refractivity contribution < 1.29 is 29.2 Å². The number of nitrogens with zero attached hydrogens (tertiary/aromatic N) is 1. The molecule has 1 N–H and O–H groups in total. The Morgan fingerprint density at radius 1 is 0.917 bits per heavy atom. The number of carbonyl (C=O) groups is 2. The summed E-state index contributed by atoms with van der Waals surface area (Å²) in [6.45, 7) is 2.21. The summed E-state index contributed by atoms with van der Waals surface area (Å²) in [5, 5.41) is 11.7. The van der Waals surface area contributed by atoms with Crippen molar-refractivity contribution in [3.8, 4) is 0 Å². The van der Waals surface area contributed by atoms with Crippen molar-refractivity contribution in [3.63, 3.8) is 0 Å². The Balaban J connectivity index is 1.66. The number of esters is 1. The van der Waals surface area contributed by atoms with Crippen LogP contribution in [0.2, 0.25) is 0 Å². The lowest BCUT2D eigenvalue weighted by atomic mass is 9.63. The molecule has 2 saturated heterocycles. The standard InChI is InChI=1S/C29H29NO6/c1-2-34-26(32)27-21-28(23-14-8-4-9-15-23,24-16-10-5-11-17-24)35-36-29(27,33)18-19-30(25(27)31)20-22-12-6-3-7-13-22/h3-17,33H,2,18-21H2,1H3. The fourth-order valence-corrected chi connectivity index (χ4v) is 5.32. The SMILES string of the molecule is CCOC(=O)C12CC(c3ccccc3)(c3ccccc3)OOC1(O)CCN(Cc1ccccc1)C2=O. The minimum absolute atomic E-state index is 0.00987. The van der Waals surface area contributed by atoms with E-state index in [1.54, 1.807) is 11.8 Å². The number of fused-ring (bicyclic) bond motifs is 1. The van der Waals surface area contributed by atoms with Gasteiger partial charge in [0.05, 0.1) is 6.61 Å². The van der Waals surface area contributed by atoms with Crippen molar-refractivity contribution in [2.45, 2.75) is 37.7 Å². The number of amides is 1. The molecule has 0 radical (unpaired) electrons. The largest absolute Gasteiger partial charge is 0.465 e. The van der Waals surface area contributed by atoms with Gasteiger partial charge >= 0.3 is 5.97 Å². The molecule has 2 heterocycles. The van der Waals surface area contributed by atoms with E-state index in [0.717, 1.165) is 5.56 Å². The summed E-state index contributed by atoms with van der Waals surface area (Å²) in [6.07, 6.45) is -0.197. The second kappa shape index (κ2) is 9.50. The van der Waals surface area contributed by atoms with Crippen LogP contribution in [0.5, 0.6) is 0 Å². The molecule has 0 aromatic heterocycles. The molecule has 2 atom stereocenters. The number of hydrogen-bond acceptors (Lipinski definition) is 6. The summed E-state index contributed by atoms with van der Waals surface area (Å²) in [6, 6.07) is 28.1. The molecule has 2 aliphatic heterocycles. The van der Waals surface area contributed by atoms with Crippen LogP contribution in [0.1, 0.15) is 36.5 Å². The van der Waals surface area contributed by atoms with E-state index in [0.29, 0.717) is 17.7 Å². The highest BCUT2D eigenvalue weighted by Crippen LogP contribution is 2.57. The summed E-state index contributed by atoms with van der Waals surface area (Å²) in [7, 11) is 0. The lowest BCUT2D eigenvalue weighted by Gasteiger charge is -2.55. The molecule has 7 heteroatoms. The van der Waals surface area contributed by atoms with Gasteiger partial charge in [-0.05, 0) is 23.6 Å². The van der Waals surface area contributed by atoms with Crippen LogP contribution < -0.4 is 0 Å². The molecule has 2 fully saturated rings. The van der Waals surface area contributed by atoms with Crippen molar-refractivity contribution in [2.75, 3.05) is 13.2 Å². The molecule has 0 bridgehead atoms. The Labute approximate surface area is 210 Å². The fraction of sp³-hybridized carbons (Fsp3) is 0.310. The van der Waals surface area contributed by atoms with Crippen LogP contribution >= 0.6 is 0 Å². The summed E-state index contributed by atoms with van der Waals surface area (Å²) in [5.41, 5.74) is -1.09. The van der Waals surface area contributed by atoms with E-state index >= 15 is 0 Å². The smallest absolute Gasteiger partial charge is 0.327 e. The van der Waals surface area contributed by atoms with Crippen LogP contribution in [-0.4, -0.2) is 40.8 Å². The van der Waals surface area contributed by atoms with E-state index in [2.05, 4.69) is 0 Å². The van der Waals surface area contributed by atoms with Gasteiger partial charge in [0.1, 0.15) is 0 Å². The fourth-order valence-electron chi connectivity index (χ4n) is 5.32. The molecule has 5 rings (SSSR count). The number of aliphatic hydroxyl groups is 1. The van der Waals surface area contributed by atoms with Gasteiger partial charge < -0.3 is 14.7 Å². The van der Waals surface area contributed by atoms with Gasteiger partial charge in [-0.25, -0.2) is 4.89 Å². The van der Waals surface area contributed by atoms with Gasteiger partial charge in [0.2, 0.25) is 17.1 Å². The molecular weight excluding hydrogens is 458 g/mol. The third kappa shape index (κ3) is 3.80. The number of benzene rings is 3. The average molecular weight is 488 g/mol. The Bertz CT molecular complexity index is 1180. The minimum atomic E-state index is -2.18. The highest BCUT2D eigenvalue weighted by Gasteiger charge is 2.73. The zero-order valence-corrected chi connectivity index (χ0v) is 20.1. The van der Waals surface area contributed by atoms with Gasteiger partial charge in [0.15, 0.2) is 5.60 Å². The van der Waals surface area contributed by atoms with Gasteiger partial charge in [-0.1, -0.05) is 91.0 Å². The van der Waals surface area contributed by atoms with Crippen LogP contribution in [-0.2, 0) is 36.2 Å². The number of hydrogen-bond donors (Lipinski definition) is 1. The van der Waals surface area contributed by atoms with Crippen LogP contribution in [0.25, 0.3) is 0 Å². The van der Waals surface area contributed by atoms with Crippen LogP contribution in [0.3, 0.4) is 0 Å². The zero-order chi connectivity index (χ0) is 25.2. The third-order valence-corrected chi connectivity index (χ3v) is 7.20. The normalized spacial score (nSPS) is 25.2. The molecule has 1 amide bonds. The zero-order valence-electron chi connectivity index (χ0n) is 20.1. The van der Waals surface area contributed by atoms with E-state index in [9.17, 15) is 14.7 Å². The second-order valence-corrected chi connectivity index (χ2v) is 9.27. The molecule has 2 unspecified atom stereocenters. The van der Waals surface area contributed by atoms with Crippen LogP contribution in [0, 0.1) is 5.41 Å². The molecule has 2 aliphatic rings. The maximum absolute atomic E-state index is 14.3. The number of rotatable bonds is 6. The van der Waals surface area contributed by atoms with E-state index in [4.69, 9.17) is 14.5 Å². The lowest BCUT2D eigenvalue weighted by molar-refractivity contribution is -0.509. The molecule has 0 saturated carbocycles. The van der Waals surface area contributed by atoms with E-state index < -0.39 is 28.7 Å². The van der Waals surface area contributed by atoms with E-state index in [1.165, 1.54) is 0 Å². The van der Waals surface area contributed by atoms with Gasteiger partial charge in [0.25, 0.3) is 0 Å². The summed E-state index contributed by atoms with van der Waals surface area (Å²) < 4.78 is 5.46. The predicted molar refractivity (Wildman–Crippen MR) is 131 cm³/mol. The maximum atomic E-state index is 14.3. The summed E-state index contributed by atoms with van der Waals surface area (Å²) >= 11 is 0. The number of carbonyl (C=O) groups excluding carboxylic acids is 2. The Kier molecular flexibility index (Phi) is 6.38. The molecule has 186 valence electrons. The van der Waals surface area contributed by atoms with E-state index in [-0.39, 0.29) is 26.0 Å². The molecular formula is C29H29NO6. The first-order valence-electron chi connectivity index (χ1n) is 12.2. The molecule has 36 heavy (non-hydrogen) atoms. The minimum Gasteiger partial charge on any atom is -0.465 e. The van der Waals surface area contributed by atoms with Crippen molar-refractivity contribution in [1.29, 1.82) is 0 Å². The van der Waals surface area contributed by atoms with Gasteiger partial charge in [-0.3, -0.25) is 9.59 Å². The molecule has 3 aromatic carbocycles. The van der Waals surface area contributed by atoms with Gasteiger partial charge in [0, 0.05) is 25.9 Å². The first kappa shape index (κ1) is 24.2. The second-order valence-electron chi connectivity index (χ2n) is 9.27. The van der Waals surface area contributed by atoms with Crippen molar-refractivity contribution in [3.05, 3.63) is 108 Å². The Morgan fingerprint density at radius 2 is 1.47 bits per heavy atom. The quantitative estimate of drug-likeness (QED) is 0.322. The summed E-state index contributed by atoms with van der Waals surface area (Å²) in [4.78, 5) is 41.4. The van der Waals surface area contributed by atoms with Crippen molar-refractivity contribution >= 4 is 11.9 Å². The maximum Gasteiger partial charge on any atom is 0.327 e. The lowest BCUT2D eigenvalue weighted by Crippen LogP contribution is -2.72. The highest BCUT2D eigenvalue weighted by atomic mass is 17.2. The van der Waals surface area contributed by atoms with E-state index in [1.807, 2.05) is 91.0 Å². The van der Waals surface area contributed by atoms with Crippen molar-refractivity contribution in [1.82, 2.24) is 4.90 Å². The summed E-state index contributed by atoms with van der Waals surface area (Å²) in [5.74, 6) is -3.55.